The molecule has 0 radical (unpaired) electrons. The van der Waals surface area contributed by atoms with Crippen molar-refractivity contribution in [1.29, 1.82) is 0 Å². The topological polar surface area (TPSA) is 87.5 Å². The van der Waals surface area contributed by atoms with E-state index in [1.807, 2.05) is 0 Å². The Morgan fingerprint density at radius 1 is 1.62 bits per heavy atom. The molecule has 2 aromatic heterocycles. The highest BCUT2D eigenvalue weighted by Gasteiger charge is 2.08. The summed E-state index contributed by atoms with van der Waals surface area (Å²) in [6.45, 7) is 0. The number of carboxylic acids is 1. The SMILES string of the molecule is O=C(O)c1cc(=O)n2[nH]ccc2n1. The number of nitrogens with zero attached hydrogens (tertiary/aromatic N) is 2. The molecular weight excluding hydrogens is 174 g/mol. The van der Waals surface area contributed by atoms with Gasteiger partial charge in [-0.15, -0.1) is 0 Å². The predicted octanol–water partition coefficient (Wildman–Crippen LogP) is -0.279. The molecule has 0 saturated heterocycles. The van der Waals surface area contributed by atoms with Gasteiger partial charge in [-0.2, -0.15) is 0 Å². The molecule has 0 amide bonds. The summed E-state index contributed by atoms with van der Waals surface area (Å²) in [6.07, 6.45) is 1.51. The maximum Gasteiger partial charge on any atom is 0.354 e. The molecule has 0 spiro atoms. The van der Waals surface area contributed by atoms with Gasteiger partial charge in [0, 0.05) is 18.3 Å². The Hall–Kier alpha value is -2.11. The molecular formula is C7H5N3O3. The van der Waals surface area contributed by atoms with E-state index in [0.29, 0.717) is 5.65 Å². The summed E-state index contributed by atoms with van der Waals surface area (Å²) in [5.74, 6) is -1.21. The lowest BCUT2D eigenvalue weighted by Crippen LogP contribution is -2.17. The number of aromatic amines is 1. The van der Waals surface area contributed by atoms with Crippen LogP contribution < -0.4 is 5.56 Å². The Labute approximate surface area is 71.4 Å². The normalized spacial score (nSPS) is 10.5. The van der Waals surface area contributed by atoms with Crippen LogP contribution in [0, 0.1) is 0 Å². The summed E-state index contributed by atoms with van der Waals surface area (Å²) in [6, 6.07) is 2.49. The minimum atomic E-state index is -1.21. The number of aromatic carboxylic acids is 1. The first-order chi connectivity index (χ1) is 6.18. The quantitative estimate of drug-likeness (QED) is 0.630. The first-order valence-electron chi connectivity index (χ1n) is 3.49. The van der Waals surface area contributed by atoms with E-state index in [1.54, 1.807) is 0 Å². The van der Waals surface area contributed by atoms with Gasteiger partial charge in [0.05, 0.1) is 0 Å². The molecule has 2 aromatic rings. The van der Waals surface area contributed by atoms with Crippen LogP contribution in [-0.4, -0.2) is 25.7 Å². The zero-order valence-electron chi connectivity index (χ0n) is 6.39. The summed E-state index contributed by atoms with van der Waals surface area (Å²) < 4.78 is 1.16. The Morgan fingerprint density at radius 2 is 2.38 bits per heavy atom. The van der Waals surface area contributed by atoms with Gasteiger partial charge in [0.15, 0.2) is 11.3 Å². The van der Waals surface area contributed by atoms with Gasteiger partial charge >= 0.3 is 5.97 Å². The molecule has 0 unspecified atom stereocenters. The molecule has 0 atom stereocenters. The fourth-order valence-electron chi connectivity index (χ4n) is 1.04. The van der Waals surface area contributed by atoms with Crippen molar-refractivity contribution in [3.05, 3.63) is 34.4 Å². The van der Waals surface area contributed by atoms with Crippen molar-refractivity contribution in [3.63, 3.8) is 0 Å². The number of carboxylic acid groups (broad SMARTS) is 1. The highest BCUT2D eigenvalue weighted by Crippen LogP contribution is 1.96. The maximum absolute atomic E-state index is 11.2. The van der Waals surface area contributed by atoms with E-state index in [2.05, 4.69) is 10.1 Å². The van der Waals surface area contributed by atoms with E-state index in [9.17, 15) is 9.59 Å². The Kier molecular flexibility index (Phi) is 1.42. The minimum absolute atomic E-state index is 0.246. The zero-order chi connectivity index (χ0) is 9.42. The fraction of sp³-hybridized carbons (Fsp3) is 0. The fourth-order valence-corrected chi connectivity index (χ4v) is 1.04. The van der Waals surface area contributed by atoms with Gasteiger partial charge < -0.3 is 5.11 Å². The lowest BCUT2D eigenvalue weighted by atomic mass is 10.4. The van der Waals surface area contributed by atoms with Crippen LogP contribution in [0.15, 0.2) is 23.1 Å². The lowest BCUT2D eigenvalue weighted by Gasteiger charge is -1.93. The molecule has 66 valence electrons. The van der Waals surface area contributed by atoms with E-state index in [4.69, 9.17) is 5.11 Å². The summed E-state index contributed by atoms with van der Waals surface area (Å²) in [5.41, 5.74) is -0.387. The molecule has 2 heterocycles. The first-order valence-corrected chi connectivity index (χ1v) is 3.49. The standard InChI is InChI=1S/C7H5N3O3/c11-6-3-4(7(12)13)9-5-1-2-8-10(5)6/h1-3,8H,(H,12,13). The Bertz CT molecular complexity index is 525. The summed E-state index contributed by atoms with van der Waals surface area (Å²) in [4.78, 5) is 25.4. The van der Waals surface area contributed by atoms with Gasteiger partial charge in [0.1, 0.15) is 0 Å². The minimum Gasteiger partial charge on any atom is -0.477 e. The van der Waals surface area contributed by atoms with Gasteiger partial charge in [-0.05, 0) is 0 Å². The van der Waals surface area contributed by atoms with Crippen molar-refractivity contribution in [3.8, 4) is 0 Å². The Morgan fingerprint density at radius 3 is 3.08 bits per heavy atom. The highest BCUT2D eigenvalue weighted by molar-refractivity contribution is 5.85. The highest BCUT2D eigenvalue weighted by atomic mass is 16.4. The van der Waals surface area contributed by atoms with Gasteiger partial charge in [-0.3, -0.25) is 9.89 Å². The van der Waals surface area contributed by atoms with Crippen LogP contribution in [0.25, 0.3) is 5.65 Å². The second kappa shape index (κ2) is 2.44. The van der Waals surface area contributed by atoms with Gasteiger partial charge in [0.25, 0.3) is 5.56 Å². The van der Waals surface area contributed by atoms with E-state index >= 15 is 0 Å². The first kappa shape index (κ1) is 7.53. The second-order valence-electron chi connectivity index (χ2n) is 2.44. The monoisotopic (exact) mass is 179 g/mol. The molecule has 2 N–H and O–H groups in total. The second-order valence-corrected chi connectivity index (χ2v) is 2.44. The molecule has 0 aliphatic carbocycles. The van der Waals surface area contributed by atoms with Crippen LogP contribution in [0.4, 0.5) is 0 Å². The number of carbonyl (C=O) groups is 1. The van der Waals surface area contributed by atoms with Crippen molar-refractivity contribution in [2.45, 2.75) is 0 Å². The molecule has 2 rings (SSSR count). The number of rotatable bonds is 1. The van der Waals surface area contributed by atoms with Crippen LogP contribution in [0.2, 0.25) is 0 Å². The largest absolute Gasteiger partial charge is 0.477 e. The zero-order valence-corrected chi connectivity index (χ0v) is 6.39. The molecule has 13 heavy (non-hydrogen) atoms. The molecule has 0 aliphatic heterocycles. The van der Waals surface area contributed by atoms with Gasteiger partial charge in [-0.25, -0.2) is 14.3 Å². The molecule has 0 aliphatic rings. The Balaban J connectivity index is 2.85. The average molecular weight is 179 g/mol. The summed E-state index contributed by atoms with van der Waals surface area (Å²) in [7, 11) is 0. The van der Waals surface area contributed by atoms with Crippen molar-refractivity contribution >= 4 is 11.6 Å². The third-order valence-corrected chi connectivity index (χ3v) is 1.60. The van der Waals surface area contributed by atoms with Gasteiger partial charge in [0.2, 0.25) is 0 Å². The smallest absolute Gasteiger partial charge is 0.354 e. The molecule has 0 saturated carbocycles. The van der Waals surface area contributed by atoms with Crippen molar-refractivity contribution in [1.82, 2.24) is 14.6 Å². The third-order valence-electron chi connectivity index (χ3n) is 1.60. The van der Waals surface area contributed by atoms with Crippen LogP contribution in [-0.2, 0) is 0 Å². The maximum atomic E-state index is 11.2. The predicted molar refractivity (Wildman–Crippen MR) is 42.8 cm³/mol. The van der Waals surface area contributed by atoms with Crippen molar-refractivity contribution < 1.29 is 9.90 Å². The van der Waals surface area contributed by atoms with Crippen LogP contribution in [0.3, 0.4) is 0 Å². The number of H-pyrrole nitrogens is 1. The van der Waals surface area contributed by atoms with Crippen LogP contribution >= 0.6 is 0 Å². The van der Waals surface area contributed by atoms with Gasteiger partial charge in [-0.1, -0.05) is 0 Å². The number of fused-ring (bicyclic) bond motifs is 1. The molecule has 0 aromatic carbocycles. The van der Waals surface area contributed by atoms with E-state index < -0.39 is 11.5 Å². The summed E-state index contributed by atoms with van der Waals surface area (Å²) in [5, 5.41) is 11.2. The number of aromatic nitrogens is 3. The van der Waals surface area contributed by atoms with Crippen LogP contribution in [0.5, 0.6) is 0 Å². The van der Waals surface area contributed by atoms with Crippen molar-refractivity contribution in [2.24, 2.45) is 0 Å². The number of hydrogen-bond acceptors (Lipinski definition) is 3. The lowest BCUT2D eigenvalue weighted by molar-refractivity contribution is 0.0690. The average Bonchev–Trinajstić information content (AvgIpc) is 2.51. The van der Waals surface area contributed by atoms with E-state index in [1.165, 1.54) is 12.3 Å². The van der Waals surface area contributed by atoms with Crippen LogP contribution in [0.1, 0.15) is 10.5 Å². The molecule has 6 heteroatoms. The third kappa shape index (κ3) is 1.08. The number of nitrogens with one attached hydrogen (secondary N) is 1. The molecule has 0 bridgehead atoms. The van der Waals surface area contributed by atoms with E-state index in [0.717, 1.165) is 10.6 Å². The molecule has 6 nitrogen and oxygen atoms in total. The summed E-state index contributed by atoms with van der Waals surface area (Å²) >= 11 is 0. The van der Waals surface area contributed by atoms with E-state index in [-0.39, 0.29) is 5.69 Å². The number of hydrogen-bond donors (Lipinski definition) is 2. The molecule has 0 fully saturated rings. The van der Waals surface area contributed by atoms with Crippen molar-refractivity contribution in [2.75, 3.05) is 0 Å².